The molecule has 2 unspecified atom stereocenters. The van der Waals surface area contributed by atoms with Crippen LogP contribution in [0.15, 0.2) is 83.4 Å². The van der Waals surface area contributed by atoms with Gasteiger partial charge in [-0.3, -0.25) is 9.20 Å². The second-order valence-electron chi connectivity index (χ2n) is 7.00. The van der Waals surface area contributed by atoms with Gasteiger partial charge in [-0.25, -0.2) is 9.78 Å². The Morgan fingerprint density at radius 3 is 2.44 bits per heavy atom. The van der Waals surface area contributed by atoms with Crippen molar-refractivity contribution >= 4 is 11.6 Å². The number of fused-ring (bicyclic) bond motifs is 1. The summed E-state index contributed by atoms with van der Waals surface area (Å²) in [6.07, 6.45) is 6.92. The first-order chi connectivity index (χ1) is 15.4. The first-order valence-corrected chi connectivity index (χ1v) is 10.5. The van der Waals surface area contributed by atoms with Gasteiger partial charge >= 0.3 is 5.97 Å². The van der Waals surface area contributed by atoms with Crippen molar-refractivity contribution in [3.63, 3.8) is 0 Å². The van der Waals surface area contributed by atoms with Crippen LogP contribution in [0.1, 0.15) is 39.3 Å². The highest BCUT2D eigenvalue weighted by molar-refractivity contribution is 5.78. The number of allylic oxidation sites excluding steroid dienone is 2. The lowest BCUT2D eigenvalue weighted by Gasteiger charge is -2.15. The molecule has 2 aromatic heterocycles. The van der Waals surface area contributed by atoms with Crippen LogP contribution >= 0.6 is 0 Å². The Bertz CT molecular complexity index is 1160. The molecule has 168 valence electrons. The summed E-state index contributed by atoms with van der Waals surface area (Å²) in [4.78, 5) is 27.3. The first kappa shape index (κ1) is 24.6. The molecule has 0 saturated heterocycles. The molecule has 1 aliphatic heterocycles. The van der Waals surface area contributed by atoms with E-state index in [4.69, 9.17) is 10.8 Å². The second kappa shape index (κ2) is 11.6. The topological polar surface area (TPSA) is 110 Å². The Labute approximate surface area is 187 Å². The molecule has 2 atom stereocenters. The molecule has 0 saturated carbocycles. The molecule has 4 rings (SSSR count). The molecule has 32 heavy (non-hydrogen) atoms. The van der Waals surface area contributed by atoms with Crippen molar-refractivity contribution in [3.05, 3.63) is 94.6 Å². The number of benzene rings is 1. The van der Waals surface area contributed by atoms with Crippen molar-refractivity contribution in [2.24, 2.45) is 5.73 Å². The van der Waals surface area contributed by atoms with Crippen LogP contribution in [-0.2, 0) is 4.79 Å². The molecule has 0 bridgehead atoms. The summed E-state index contributed by atoms with van der Waals surface area (Å²) < 4.78 is 1.53. The predicted molar refractivity (Wildman–Crippen MR) is 128 cm³/mol. The van der Waals surface area contributed by atoms with Crippen LogP contribution in [0, 0.1) is 0 Å². The van der Waals surface area contributed by atoms with Crippen molar-refractivity contribution in [1.82, 2.24) is 14.7 Å². The van der Waals surface area contributed by atoms with Crippen molar-refractivity contribution in [1.29, 1.82) is 0 Å². The minimum atomic E-state index is -0.835. The Morgan fingerprint density at radius 1 is 1.19 bits per heavy atom. The number of hydrogen-bond donors (Lipinski definition) is 3. The number of hydrogen-bond acceptors (Lipinski definition) is 5. The normalized spacial score (nSPS) is 15.3. The Balaban J connectivity index is 0.000000255. The number of nitrogens with one attached hydrogen (secondary N) is 1. The molecule has 0 fully saturated rings. The fourth-order valence-corrected chi connectivity index (χ4v) is 3.10. The van der Waals surface area contributed by atoms with Gasteiger partial charge in [-0.1, -0.05) is 56.3 Å². The van der Waals surface area contributed by atoms with Crippen LogP contribution < -0.4 is 16.6 Å². The van der Waals surface area contributed by atoms with Gasteiger partial charge < -0.3 is 16.2 Å². The van der Waals surface area contributed by atoms with Crippen LogP contribution in [0.4, 0.5) is 0 Å². The van der Waals surface area contributed by atoms with E-state index in [2.05, 4.69) is 10.3 Å². The van der Waals surface area contributed by atoms with Gasteiger partial charge in [-0.2, -0.15) is 0 Å². The summed E-state index contributed by atoms with van der Waals surface area (Å²) in [5.41, 5.74) is 9.77. The van der Waals surface area contributed by atoms with Crippen LogP contribution in [0.2, 0.25) is 0 Å². The zero-order valence-corrected chi connectivity index (χ0v) is 18.8. The number of pyridine rings is 1. The van der Waals surface area contributed by atoms with Crippen molar-refractivity contribution in [2.75, 3.05) is 0 Å². The lowest BCUT2D eigenvalue weighted by Crippen LogP contribution is -2.35. The van der Waals surface area contributed by atoms with Gasteiger partial charge in [0, 0.05) is 29.4 Å². The molecule has 4 N–H and O–H groups in total. The van der Waals surface area contributed by atoms with E-state index in [1.54, 1.807) is 37.5 Å². The van der Waals surface area contributed by atoms with E-state index in [1.807, 2.05) is 63.2 Å². The minimum Gasteiger partial charge on any atom is -0.479 e. The molecule has 1 aliphatic rings. The molecular weight excluding hydrogens is 404 g/mol. The van der Waals surface area contributed by atoms with E-state index in [-0.39, 0.29) is 11.6 Å². The van der Waals surface area contributed by atoms with E-state index in [0.29, 0.717) is 11.3 Å². The fourth-order valence-electron chi connectivity index (χ4n) is 3.10. The van der Waals surface area contributed by atoms with Gasteiger partial charge in [0.2, 0.25) is 0 Å². The largest absolute Gasteiger partial charge is 0.479 e. The maximum Gasteiger partial charge on any atom is 0.330 e. The first-order valence-electron chi connectivity index (χ1n) is 10.5. The van der Waals surface area contributed by atoms with Crippen molar-refractivity contribution < 1.29 is 9.90 Å². The molecule has 7 nitrogen and oxygen atoms in total. The monoisotopic (exact) mass is 434 g/mol. The molecule has 0 radical (unpaired) electrons. The zero-order chi connectivity index (χ0) is 23.7. The van der Waals surface area contributed by atoms with Gasteiger partial charge in [-0.05, 0) is 37.8 Å². The van der Waals surface area contributed by atoms with Gasteiger partial charge in [0.25, 0.3) is 5.56 Å². The Hall–Kier alpha value is -3.71. The van der Waals surface area contributed by atoms with E-state index >= 15 is 0 Å². The molecule has 0 spiro atoms. The van der Waals surface area contributed by atoms with Crippen LogP contribution in [-0.4, -0.2) is 26.5 Å². The lowest BCUT2D eigenvalue weighted by atomic mass is 10.1. The predicted octanol–water partition coefficient (Wildman–Crippen LogP) is 3.91. The van der Waals surface area contributed by atoms with Gasteiger partial charge in [0.1, 0.15) is 11.7 Å². The van der Waals surface area contributed by atoms with Crippen LogP contribution in [0.5, 0.6) is 0 Å². The maximum atomic E-state index is 12.2. The molecule has 0 aliphatic carbocycles. The summed E-state index contributed by atoms with van der Waals surface area (Å²) in [5, 5.41) is 11.3. The van der Waals surface area contributed by atoms with E-state index in [9.17, 15) is 9.59 Å². The highest BCUT2D eigenvalue weighted by Gasteiger charge is 2.18. The highest BCUT2D eigenvalue weighted by Crippen LogP contribution is 2.19. The van der Waals surface area contributed by atoms with Gasteiger partial charge in [0.15, 0.2) is 0 Å². The molecule has 3 aromatic rings. The number of nitrogens with zero attached hydrogens (tertiary/aromatic N) is 2. The van der Waals surface area contributed by atoms with Gasteiger partial charge in [0.05, 0.1) is 5.69 Å². The number of rotatable bonds is 3. The highest BCUT2D eigenvalue weighted by atomic mass is 16.4. The number of carboxylic acids is 1. The number of aromatic nitrogens is 2. The maximum absolute atomic E-state index is 12.2. The average Bonchev–Trinajstić information content (AvgIpc) is 2.81. The number of carboxylic acid groups (broad SMARTS) is 1. The molecule has 1 aromatic carbocycles. The summed E-state index contributed by atoms with van der Waals surface area (Å²) in [7, 11) is 0. The second-order valence-corrected chi connectivity index (χ2v) is 7.00. The summed E-state index contributed by atoms with van der Waals surface area (Å²) in [5.74, 6) is -0.835. The smallest absolute Gasteiger partial charge is 0.330 e. The quantitative estimate of drug-likeness (QED) is 0.577. The fraction of sp³-hybridized carbons (Fsp3) is 0.240. The van der Waals surface area contributed by atoms with Crippen LogP contribution in [0.25, 0.3) is 16.9 Å². The number of dihydropyridines is 1. The number of aliphatic carboxylic acids is 1. The van der Waals surface area contributed by atoms with Crippen LogP contribution in [0.3, 0.4) is 0 Å². The third kappa shape index (κ3) is 5.92. The van der Waals surface area contributed by atoms with E-state index in [0.717, 1.165) is 16.7 Å². The number of carbonyl (C=O) groups is 1. The SMILES string of the molecule is CC.CC(N)c1cccn2c(=O)cc(-c3ccccc3)nc12.CC1=CC=CNC1C(=O)O. The van der Waals surface area contributed by atoms with Gasteiger partial charge in [-0.15, -0.1) is 0 Å². The van der Waals surface area contributed by atoms with E-state index < -0.39 is 12.0 Å². The zero-order valence-electron chi connectivity index (χ0n) is 18.8. The average molecular weight is 435 g/mol. The number of nitrogens with two attached hydrogens (primary N) is 1. The molecule has 3 heterocycles. The molecule has 7 heteroatoms. The summed E-state index contributed by atoms with van der Waals surface area (Å²) >= 11 is 0. The Morgan fingerprint density at radius 2 is 1.88 bits per heavy atom. The minimum absolute atomic E-state index is 0.101. The van der Waals surface area contributed by atoms with Crippen molar-refractivity contribution in [3.8, 4) is 11.3 Å². The van der Waals surface area contributed by atoms with Crippen molar-refractivity contribution in [2.45, 2.75) is 39.8 Å². The lowest BCUT2D eigenvalue weighted by molar-refractivity contribution is -0.138. The van der Waals surface area contributed by atoms with E-state index in [1.165, 1.54) is 4.40 Å². The molecular formula is C25H30N4O3. The Kier molecular flexibility index (Phi) is 8.92. The summed E-state index contributed by atoms with van der Waals surface area (Å²) in [6.45, 7) is 7.67. The third-order valence-corrected chi connectivity index (χ3v) is 4.70. The third-order valence-electron chi connectivity index (χ3n) is 4.70. The standard InChI is InChI=1S/C16H15N3O.C7H9NO2.C2H6/c1-11(17)13-8-5-9-19-15(20)10-14(18-16(13)19)12-6-3-2-4-7-12;1-5-3-2-4-8-6(5)7(9)10;1-2/h2-11H,17H2,1H3;2-4,6,8H,1H3,(H,9,10);1-2H3. The molecule has 0 amide bonds. The summed E-state index contributed by atoms with van der Waals surface area (Å²) in [6, 6.07) is 14.2.